The van der Waals surface area contributed by atoms with Gasteiger partial charge in [-0.1, -0.05) is 39.8 Å². The van der Waals surface area contributed by atoms with E-state index in [1.54, 1.807) is 12.1 Å². The quantitative estimate of drug-likeness (QED) is 0.712. The molecule has 0 aliphatic heterocycles. The van der Waals surface area contributed by atoms with Gasteiger partial charge in [-0.05, 0) is 43.4 Å². The van der Waals surface area contributed by atoms with Crippen molar-refractivity contribution in [1.29, 1.82) is 0 Å². The molecule has 0 aromatic heterocycles. The highest BCUT2D eigenvalue weighted by atomic mass is 16.6. The molecule has 0 saturated carbocycles. The molecule has 2 N–H and O–H groups in total. The molecule has 0 fully saturated rings. The molecule has 2 atom stereocenters. The predicted molar refractivity (Wildman–Crippen MR) is 103 cm³/mol. The van der Waals surface area contributed by atoms with Crippen molar-refractivity contribution < 1.29 is 23.9 Å². The Kier molecular flexibility index (Phi) is 8.28. The summed E-state index contributed by atoms with van der Waals surface area (Å²) in [5.74, 6) is -0.858. The summed E-state index contributed by atoms with van der Waals surface area (Å²) in [6.45, 7) is 11.0. The molecule has 0 aliphatic carbocycles. The van der Waals surface area contributed by atoms with Crippen LogP contribution in [0.2, 0.25) is 0 Å². The number of urea groups is 1. The van der Waals surface area contributed by atoms with Crippen LogP contribution in [0, 0.1) is 0 Å². The summed E-state index contributed by atoms with van der Waals surface area (Å²) in [6.07, 6.45) is -0.144. The van der Waals surface area contributed by atoms with Crippen molar-refractivity contribution in [1.82, 2.24) is 10.6 Å². The highest BCUT2D eigenvalue weighted by Gasteiger charge is 2.19. The van der Waals surface area contributed by atoms with Crippen LogP contribution in [0.5, 0.6) is 5.75 Å². The molecular weight excluding hydrogens is 348 g/mol. The number of benzene rings is 1. The summed E-state index contributed by atoms with van der Waals surface area (Å²) < 4.78 is 10.4. The molecule has 0 heterocycles. The zero-order valence-electron chi connectivity index (χ0n) is 16.9. The fourth-order valence-electron chi connectivity index (χ4n) is 2.06. The number of amides is 3. The van der Waals surface area contributed by atoms with Crippen LogP contribution < -0.4 is 15.4 Å². The summed E-state index contributed by atoms with van der Waals surface area (Å²) in [6, 6.07) is 6.78. The number of imide groups is 1. The maximum Gasteiger partial charge on any atom is 0.347 e. The first-order chi connectivity index (χ1) is 12.5. The summed E-state index contributed by atoms with van der Waals surface area (Å²) in [4.78, 5) is 35.1. The number of hydrogen-bond acceptors (Lipinski definition) is 5. The van der Waals surface area contributed by atoms with Gasteiger partial charge in [-0.25, -0.2) is 9.59 Å². The van der Waals surface area contributed by atoms with E-state index in [0.717, 1.165) is 12.0 Å². The minimum Gasteiger partial charge on any atom is -0.479 e. The van der Waals surface area contributed by atoms with E-state index in [2.05, 4.69) is 31.4 Å². The lowest BCUT2D eigenvalue weighted by atomic mass is 9.87. The lowest BCUT2D eigenvalue weighted by Gasteiger charge is -2.20. The zero-order chi connectivity index (χ0) is 20.6. The zero-order valence-corrected chi connectivity index (χ0v) is 16.9. The molecule has 7 heteroatoms. The molecule has 3 amide bonds. The van der Waals surface area contributed by atoms with Gasteiger partial charge in [-0.15, -0.1) is 0 Å². The molecule has 0 radical (unpaired) electrons. The lowest BCUT2D eigenvalue weighted by molar-refractivity contribution is -0.154. The Balaban J connectivity index is 2.44. The summed E-state index contributed by atoms with van der Waals surface area (Å²) >= 11 is 0. The number of nitrogens with one attached hydrogen (secondary N) is 2. The fraction of sp³-hybridized carbons (Fsp3) is 0.550. The molecule has 27 heavy (non-hydrogen) atoms. The molecule has 0 spiro atoms. The van der Waals surface area contributed by atoms with E-state index in [-0.39, 0.29) is 11.5 Å². The summed E-state index contributed by atoms with van der Waals surface area (Å²) in [5, 5.41) is 4.68. The Morgan fingerprint density at radius 3 is 2.19 bits per heavy atom. The average Bonchev–Trinajstić information content (AvgIpc) is 2.58. The highest BCUT2D eigenvalue weighted by molar-refractivity contribution is 5.95. The average molecular weight is 378 g/mol. The SMILES string of the molecule is CC[C@@H](C)NC(=O)NC(=O)COC(=O)[C@@H](C)Oc1ccc(C(C)(C)C)cc1. The van der Waals surface area contributed by atoms with E-state index in [1.807, 2.05) is 26.0 Å². The van der Waals surface area contributed by atoms with Gasteiger partial charge < -0.3 is 14.8 Å². The van der Waals surface area contributed by atoms with Crippen molar-refractivity contribution in [2.24, 2.45) is 0 Å². The topological polar surface area (TPSA) is 93.7 Å². The van der Waals surface area contributed by atoms with Crippen molar-refractivity contribution in [2.75, 3.05) is 6.61 Å². The molecule has 0 bridgehead atoms. The number of carbonyl (C=O) groups excluding carboxylic acids is 3. The van der Waals surface area contributed by atoms with Crippen LogP contribution in [0.1, 0.15) is 53.5 Å². The first kappa shape index (κ1) is 22.5. The Morgan fingerprint density at radius 2 is 1.67 bits per heavy atom. The second-order valence-corrected chi connectivity index (χ2v) is 7.47. The van der Waals surface area contributed by atoms with Gasteiger partial charge >= 0.3 is 12.0 Å². The van der Waals surface area contributed by atoms with Crippen molar-refractivity contribution in [2.45, 2.75) is 65.5 Å². The van der Waals surface area contributed by atoms with Crippen LogP contribution in [-0.2, 0) is 19.7 Å². The molecule has 7 nitrogen and oxygen atoms in total. The van der Waals surface area contributed by atoms with E-state index in [0.29, 0.717) is 5.75 Å². The monoisotopic (exact) mass is 378 g/mol. The molecule has 0 aliphatic rings. The van der Waals surface area contributed by atoms with Crippen LogP contribution in [0.3, 0.4) is 0 Å². The highest BCUT2D eigenvalue weighted by Crippen LogP contribution is 2.24. The Morgan fingerprint density at radius 1 is 1.07 bits per heavy atom. The van der Waals surface area contributed by atoms with E-state index in [1.165, 1.54) is 6.92 Å². The third kappa shape index (κ3) is 8.11. The largest absolute Gasteiger partial charge is 0.479 e. The van der Waals surface area contributed by atoms with Gasteiger partial charge in [-0.2, -0.15) is 0 Å². The molecule has 1 rings (SSSR count). The molecule has 1 aromatic rings. The third-order valence-electron chi connectivity index (χ3n) is 3.95. The number of ether oxygens (including phenoxy) is 2. The number of rotatable bonds is 7. The van der Waals surface area contributed by atoms with Crippen LogP contribution in [-0.4, -0.2) is 36.7 Å². The van der Waals surface area contributed by atoms with E-state index in [4.69, 9.17) is 9.47 Å². The Labute approximate surface area is 160 Å². The van der Waals surface area contributed by atoms with Gasteiger partial charge in [0.15, 0.2) is 12.7 Å². The van der Waals surface area contributed by atoms with E-state index < -0.39 is 30.6 Å². The van der Waals surface area contributed by atoms with Gasteiger partial charge in [0.25, 0.3) is 5.91 Å². The molecular formula is C20H30N2O5. The lowest BCUT2D eigenvalue weighted by Crippen LogP contribution is -2.45. The summed E-state index contributed by atoms with van der Waals surface area (Å²) in [7, 11) is 0. The molecule has 0 saturated heterocycles. The van der Waals surface area contributed by atoms with E-state index >= 15 is 0 Å². The van der Waals surface area contributed by atoms with Crippen LogP contribution in [0.25, 0.3) is 0 Å². The fourth-order valence-corrected chi connectivity index (χ4v) is 2.06. The third-order valence-corrected chi connectivity index (χ3v) is 3.95. The summed E-state index contributed by atoms with van der Waals surface area (Å²) in [5.41, 5.74) is 1.18. The van der Waals surface area contributed by atoms with Crippen LogP contribution >= 0.6 is 0 Å². The second kappa shape index (κ2) is 9.94. The predicted octanol–water partition coefficient (Wildman–Crippen LogP) is 2.92. The minimum absolute atomic E-state index is 0.0254. The maximum atomic E-state index is 12.0. The van der Waals surface area contributed by atoms with Crippen LogP contribution in [0.15, 0.2) is 24.3 Å². The standard InChI is InChI=1S/C20H30N2O5/c1-7-13(2)21-19(25)22-17(23)12-26-18(24)14(3)27-16-10-8-15(9-11-16)20(4,5)6/h8-11,13-14H,7,12H2,1-6H3,(H2,21,22,23,25)/t13-,14-/m1/s1. The van der Waals surface area contributed by atoms with Crippen LogP contribution in [0.4, 0.5) is 4.79 Å². The normalized spacial score (nSPS) is 13.3. The van der Waals surface area contributed by atoms with Crippen molar-refractivity contribution in [3.63, 3.8) is 0 Å². The van der Waals surface area contributed by atoms with Gasteiger partial charge in [0, 0.05) is 6.04 Å². The molecule has 1 aromatic carbocycles. The molecule has 0 unspecified atom stereocenters. The first-order valence-corrected chi connectivity index (χ1v) is 9.07. The number of hydrogen-bond donors (Lipinski definition) is 2. The van der Waals surface area contributed by atoms with Crippen molar-refractivity contribution in [3.8, 4) is 5.75 Å². The number of esters is 1. The minimum atomic E-state index is -0.882. The smallest absolute Gasteiger partial charge is 0.347 e. The second-order valence-electron chi connectivity index (χ2n) is 7.47. The van der Waals surface area contributed by atoms with Gasteiger partial charge in [0.05, 0.1) is 0 Å². The van der Waals surface area contributed by atoms with Gasteiger partial charge in [0.1, 0.15) is 5.75 Å². The molecule has 150 valence electrons. The Bertz CT molecular complexity index is 649. The van der Waals surface area contributed by atoms with E-state index in [9.17, 15) is 14.4 Å². The Hall–Kier alpha value is -2.57. The number of carbonyl (C=O) groups is 3. The van der Waals surface area contributed by atoms with Crippen molar-refractivity contribution >= 4 is 17.9 Å². The van der Waals surface area contributed by atoms with Gasteiger partial charge in [-0.3, -0.25) is 10.1 Å². The van der Waals surface area contributed by atoms with Crippen molar-refractivity contribution in [3.05, 3.63) is 29.8 Å². The van der Waals surface area contributed by atoms with Gasteiger partial charge in [0.2, 0.25) is 0 Å². The first-order valence-electron chi connectivity index (χ1n) is 9.07. The maximum absolute atomic E-state index is 12.0.